The quantitative estimate of drug-likeness (QED) is 0.258. The molecule has 3 aliphatic rings. The number of hydrogen-bond acceptors (Lipinski definition) is 9. The summed E-state index contributed by atoms with van der Waals surface area (Å²) in [5.74, 6) is -4.08. The molecule has 3 aliphatic carbocycles. The van der Waals surface area contributed by atoms with Gasteiger partial charge < -0.3 is 29.9 Å². The molecule has 0 radical (unpaired) electrons. The smallest absolute Gasteiger partial charge is 0.189 e. The zero-order chi connectivity index (χ0) is 30.5. The second-order valence-electron chi connectivity index (χ2n) is 11.8. The van der Waals surface area contributed by atoms with Gasteiger partial charge in [0, 0.05) is 42.6 Å². The number of hydrogen-bond donors (Lipinski definition) is 4. The Morgan fingerprint density at radius 3 is 2.22 bits per heavy atom. The van der Waals surface area contributed by atoms with Crippen molar-refractivity contribution in [3.8, 4) is 0 Å². The van der Waals surface area contributed by atoms with Crippen LogP contribution in [0.2, 0.25) is 0 Å². The van der Waals surface area contributed by atoms with E-state index in [0.717, 1.165) is 11.1 Å². The molecule has 4 rings (SSSR count). The summed E-state index contributed by atoms with van der Waals surface area (Å²) in [4.78, 5) is 39.5. The standard InChI is InChI=1S/C32H42O9/c1-8-40-30(38)20(31(39)41-9-2)12-18-10-11-19-15(4)24-25(28(36)23(19)14(18)3)16(5)32(7)21(27(24)35)13-22(34)26(17(6)33)29(32)37/h10-11,15,20-21,24,27,30-31,35,37-39H,8-9,12-13H2,1-7H3. The number of rotatable bonds is 9. The first-order chi connectivity index (χ1) is 19.2. The maximum atomic E-state index is 14.3. The van der Waals surface area contributed by atoms with Crippen molar-refractivity contribution in [2.75, 3.05) is 13.2 Å². The van der Waals surface area contributed by atoms with Crippen LogP contribution in [0.25, 0.3) is 0 Å². The van der Waals surface area contributed by atoms with E-state index in [9.17, 15) is 34.8 Å². The molecule has 1 aromatic carbocycles. The van der Waals surface area contributed by atoms with Crippen LogP contribution in [-0.4, -0.2) is 69.7 Å². The van der Waals surface area contributed by atoms with Crippen LogP contribution in [0, 0.1) is 30.1 Å². The molecular weight excluding hydrogens is 528 g/mol. The maximum absolute atomic E-state index is 14.3. The highest BCUT2D eigenvalue weighted by Crippen LogP contribution is 2.59. The molecule has 0 amide bonds. The molecule has 0 heterocycles. The summed E-state index contributed by atoms with van der Waals surface area (Å²) in [6.45, 7) is 12.4. The average Bonchev–Trinajstić information content (AvgIpc) is 2.90. The van der Waals surface area contributed by atoms with Crippen LogP contribution in [0.4, 0.5) is 0 Å². The summed E-state index contributed by atoms with van der Waals surface area (Å²) in [6, 6.07) is 3.71. The largest absolute Gasteiger partial charge is 0.510 e. The Balaban J connectivity index is 1.86. The first kappa shape index (κ1) is 31.3. The first-order valence-corrected chi connectivity index (χ1v) is 14.4. The molecule has 0 fully saturated rings. The fourth-order valence-corrected chi connectivity index (χ4v) is 7.36. The van der Waals surface area contributed by atoms with Crippen molar-refractivity contribution in [3.05, 3.63) is 56.9 Å². The van der Waals surface area contributed by atoms with Gasteiger partial charge in [0.25, 0.3) is 0 Å². The van der Waals surface area contributed by atoms with Crippen LogP contribution >= 0.6 is 0 Å². The average molecular weight is 571 g/mol. The fourth-order valence-electron chi connectivity index (χ4n) is 7.36. The highest BCUT2D eigenvalue weighted by atomic mass is 16.6. The molecule has 0 bridgehead atoms. The predicted molar refractivity (Wildman–Crippen MR) is 150 cm³/mol. The van der Waals surface area contributed by atoms with Gasteiger partial charge in [-0.25, -0.2) is 0 Å². The number of aliphatic hydroxyl groups excluding tert-OH is 4. The Labute approximate surface area is 240 Å². The Hall–Kier alpha value is -2.69. The second kappa shape index (κ2) is 11.5. The summed E-state index contributed by atoms with van der Waals surface area (Å²) in [7, 11) is 0. The molecule has 224 valence electrons. The third-order valence-corrected chi connectivity index (χ3v) is 9.78. The van der Waals surface area contributed by atoms with Gasteiger partial charge in [0.2, 0.25) is 0 Å². The van der Waals surface area contributed by atoms with E-state index in [0.29, 0.717) is 22.3 Å². The van der Waals surface area contributed by atoms with E-state index in [4.69, 9.17) is 9.47 Å². The number of ketones is 3. The third kappa shape index (κ3) is 4.81. The molecule has 7 atom stereocenters. The fraction of sp³-hybridized carbons (Fsp3) is 0.594. The van der Waals surface area contributed by atoms with E-state index in [1.165, 1.54) is 6.92 Å². The first-order valence-electron chi connectivity index (χ1n) is 14.4. The van der Waals surface area contributed by atoms with Crippen LogP contribution < -0.4 is 0 Å². The van der Waals surface area contributed by atoms with Crippen LogP contribution in [-0.2, 0) is 25.5 Å². The molecule has 7 unspecified atom stereocenters. The second-order valence-corrected chi connectivity index (χ2v) is 11.8. The van der Waals surface area contributed by atoms with Crippen LogP contribution in [0.15, 0.2) is 34.6 Å². The van der Waals surface area contributed by atoms with Crippen molar-refractivity contribution in [1.82, 2.24) is 0 Å². The van der Waals surface area contributed by atoms with Gasteiger partial charge in [-0.15, -0.1) is 0 Å². The van der Waals surface area contributed by atoms with Crippen LogP contribution in [0.5, 0.6) is 0 Å². The molecular formula is C32H42O9. The van der Waals surface area contributed by atoms with Crippen molar-refractivity contribution in [2.24, 2.45) is 23.2 Å². The van der Waals surface area contributed by atoms with E-state index in [-0.39, 0.29) is 49.1 Å². The van der Waals surface area contributed by atoms with Crippen molar-refractivity contribution < 1.29 is 44.3 Å². The molecule has 0 saturated carbocycles. The summed E-state index contributed by atoms with van der Waals surface area (Å²) >= 11 is 0. The normalized spacial score (nSPS) is 30.0. The number of Topliss-reactive ketones (excluding diaryl/α,β-unsaturated/α-hetero) is 3. The van der Waals surface area contributed by atoms with Crippen molar-refractivity contribution in [3.63, 3.8) is 0 Å². The molecule has 9 heteroatoms. The Kier molecular flexibility index (Phi) is 8.79. The van der Waals surface area contributed by atoms with Gasteiger partial charge in [0.1, 0.15) is 5.76 Å². The topological polar surface area (TPSA) is 151 Å². The number of carbonyl (C=O) groups excluding carboxylic acids is 3. The van der Waals surface area contributed by atoms with Crippen molar-refractivity contribution in [2.45, 2.75) is 85.9 Å². The highest BCUT2D eigenvalue weighted by molar-refractivity contribution is 6.21. The minimum absolute atomic E-state index is 0.102. The number of allylic oxidation sites excluding steroid dienone is 2. The number of aliphatic hydroxyl groups is 4. The summed E-state index contributed by atoms with van der Waals surface area (Å²) < 4.78 is 10.7. The van der Waals surface area contributed by atoms with Gasteiger partial charge >= 0.3 is 0 Å². The number of carbonyl (C=O) groups is 3. The van der Waals surface area contributed by atoms with Gasteiger partial charge in [0.05, 0.1) is 23.0 Å². The van der Waals surface area contributed by atoms with E-state index in [2.05, 4.69) is 0 Å². The Morgan fingerprint density at radius 2 is 1.68 bits per heavy atom. The minimum atomic E-state index is -1.29. The molecule has 1 aromatic rings. The van der Waals surface area contributed by atoms with Crippen LogP contribution in [0.3, 0.4) is 0 Å². The lowest BCUT2D eigenvalue weighted by Crippen LogP contribution is -2.54. The van der Waals surface area contributed by atoms with Gasteiger partial charge in [-0.3, -0.25) is 14.4 Å². The highest BCUT2D eigenvalue weighted by Gasteiger charge is 2.59. The predicted octanol–water partition coefficient (Wildman–Crippen LogP) is 3.47. The lowest BCUT2D eigenvalue weighted by molar-refractivity contribution is -0.215. The zero-order valence-corrected chi connectivity index (χ0v) is 24.9. The molecule has 0 saturated heterocycles. The summed E-state index contributed by atoms with van der Waals surface area (Å²) in [5.41, 5.74) is 2.06. The summed E-state index contributed by atoms with van der Waals surface area (Å²) in [6.07, 6.45) is -3.59. The van der Waals surface area contributed by atoms with Crippen molar-refractivity contribution in [1.29, 1.82) is 0 Å². The minimum Gasteiger partial charge on any atom is -0.510 e. The third-order valence-electron chi connectivity index (χ3n) is 9.78. The van der Waals surface area contributed by atoms with Crippen molar-refractivity contribution >= 4 is 17.3 Å². The molecule has 9 nitrogen and oxygen atoms in total. The number of benzene rings is 1. The van der Waals surface area contributed by atoms with Crippen LogP contribution in [0.1, 0.15) is 80.9 Å². The van der Waals surface area contributed by atoms with E-state index in [1.54, 1.807) is 27.7 Å². The molecule has 0 spiro atoms. The zero-order valence-electron chi connectivity index (χ0n) is 24.9. The maximum Gasteiger partial charge on any atom is 0.189 e. The van der Waals surface area contributed by atoms with Gasteiger partial charge in [-0.05, 0) is 70.6 Å². The SMILES string of the molecule is CCOC(O)C(Cc1ccc2c(c1C)C(=O)C1=C(C)C3(C)C(O)=C(C(C)=O)C(=O)CC3C(O)C1C2C)C(O)OCC. The monoisotopic (exact) mass is 570 g/mol. The molecule has 0 aromatic heterocycles. The molecule has 0 aliphatic heterocycles. The lowest BCUT2D eigenvalue weighted by Gasteiger charge is -2.53. The van der Waals surface area contributed by atoms with E-state index in [1.807, 2.05) is 26.0 Å². The molecule has 41 heavy (non-hydrogen) atoms. The Morgan fingerprint density at radius 1 is 1.10 bits per heavy atom. The van der Waals surface area contributed by atoms with Gasteiger partial charge in [0.15, 0.2) is 29.9 Å². The van der Waals surface area contributed by atoms with Gasteiger partial charge in [-0.1, -0.05) is 24.6 Å². The van der Waals surface area contributed by atoms with E-state index < -0.39 is 53.4 Å². The Bertz CT molecular complexity index is 1310. The van der Waals surface area contributed by atoms with E-state index >= 15 is 0 Å². The lowest BCUT2D eigenvalue weighted by atomic mass is 9.51. The summed E-state index contributed by atoms with van der Waals surface area (Å²) in [5, 5.41) is 44.2. The van der Waals surface area contributed by atoms with Gasteiger partial charge in [-0.2, -0.15) is 0 Å². The number of ether oxygens (including phenoxy) is 2. The number of fused-ring (bicyclic) bond motifs is 3. The molecule has 4 N–H and O–H groups in total.